The molecule has 5 heteroatoms. The first-order valence-electron chi connectivity index (χ1n) is 8.98. The van der Waals surface area contributed by atoms with Gasteiger partial charge in [0.1, 0.15) is 5.82 Å². The Morgan fingerprint density at radius 1 is 1.24 bits per heavy atom. The average Bonchev–Trinajstić information content (AvgIpc) is 2.66. The van der Waals surface area contributed by atoms with Crippen LogP contribution >= 0.6 is 0 Å². The number of carbonyl (C=O) groups excluding carboxylic acids is 1. The summed E-state index contributed by atoms with van der Waals surface area (Å²) in [6.45, 7) is 6.36. The lowest BCUT2D eigenvalue weighted by Crippen LogP contribution is -2.47. The highest BCUT2D eigenvalue weighted by atomic mass is 16.2. The van der Waals surface area contributed by atoms with Crippen LogP contribution in [0.4, 0.5) is 0 Å². The number of hydrogen-bond donors (Lipinski definition) is 1. The number of piperidine rings is 1. The lowest BCUT2D eigenvalue weighted by Gasteiger charge is -2.35. The van der Waals surface area contributed by atoms with Gasteiger partial charge in [0.25, 0.3) is 0 Å². The molecule has 3 rings (SSSR count). The largest absolute Gasteiger partial charge is 0.351 e. The molecule has 0 spiro atoms. The zero-order valence-corrected chi connectivity index (χ0v) is 15.0. The third-order valence-corrected chi connectivity index (χ3v) is 4.98. The van der Waals surface area contributed by atoms with Crippen molar-refractivity contribution in [2.45, 2.75) is 45.2 Å². The summed E-state index contributed by atoms with van der Waals surface area (Å²) in [6, 6.07) is 11.9. The fourth-order valence-corrected chi connectivity index (χ4v) is 3.38. The van der Waals surface area contributed by atoms with Crippen molar-refractivity contribution < 1.29 is 4.79 Å². The van der Waals surface area contributed by atoms with Gasteiger partial charge in [-0.2, -0.15) is 0 Å². The van der Waals surface area contributed by atoms with Gasteiger partial charge >= 0.3 is 0 Å². The molecule has 1 amide bonds. The van der Waals surface area contributed by atoms with Crippen LogP contribution in [0, 0.1) is 6.92 Å². The third kappa shape index (κ3) is 4.63. The summed E-state index contributed by atoms with van der Waals surface area (Å²) in [5.41, 5.74) is 2.26. The van der Waals surface area contributed by atoms with Crippen LogP contribution in [0.3, 0.4) is 0 Å². The predicted octanol–water partition coefficient (Wildman–Crippen LogP) is 2.67. The van der Waals surface area contributed by atoms with E-state index in [-0.39, 0.29) is 11.9 Å². The van der Waals surface area contributed by atoms with Crippen molar-refractivity contribution in [3.63, 3.8) is 0 Å². The first-order chi connectivity index (χ1) is 12.1. The van der Waals surface area contributed by atoms with Gasteiger partial charge in [0.15, 0.2) is 0 Å². The van der Waals surface area contributed by atoms with E-state index < -0.39 is 0 Å². The van der Waals surface area contributed by atoms with Crippen molar-refractivity contribution in [3.05, 3.63) is 59.7 Å². The molecule has 1 N–H and O–H groups in total. The Labute approximate surface area is 149 Å². The van der Waals surface area contributed by atoms with Gasteiger partial charge in [-0.1, -0.05) is 30.3 Å². The lowest BCUT2D eigenvalue weighted by molar-refractivity contribution is -0.126. The monoisotopic (exact) mass is 338 g/mol. The maximum absolute atomic E-state index is 12.4. The summed E-state index contributed by atoms with van der Waals surface area (Å²) in [5.74, 6) is 1.39. The molecule has 25 heavy (non-hydrogen) atoms. The zero-order valence-electron chi connectivity index (χ0n) is 15.0. The van der Waals surface area contributed by atoms with E-state index in [2.05, 4.69) is 20.2 Å². The summed E-state index contributed by atoms with van der Waals surface area (Å²) >= 11 is 0. The van der Waals surface area contributed by atoms with Crippen LogP contribution in [0.1, 0.15) is 42.8 Å². The molecule has 0 unspecified atom stereocenters. The van der Waals surface area contributed by atoms with E-state index in [1.807, 2.05) is 56.4 Å². The van der Waals surface area contributed by atoms with E-state index in [4.69, 9.17) is 0 Å². The molecule has 1 aromatic carbocycles. The summed E-state index contributed by atoms with van der Waals surface area (Å²) in [5, 5.41) is 3.05. The van der Waals surface area contributed by atoms with E-state index in [0.717, 1.165) is 43.0 Å². The number of rotatable bonds is 5. The van der Waals surface area contributed by atoms with Gasteiger partial charge in [-0.05, 0) is 51.4 Å². The van der Waals surface area contributed by atoms with Gasteiger partial charge in [0.2, 0.25) is 5.91 Å². The number of likely N-dealkylation sites (tertiary alicyclic amines) is 1. The number of nitrogens with one attached hydrogen (secondary N) is 1. The SMILES string of the molecule is Cc1nccc(C2CCN([C@H](C)C(=O)NCc3ccccc3)CC2)n1. The number of aromatic nitrogens is 2. The van der Waals surface area contributed by atoms with E-state index in [1.54, 1.807) is 0 Å². The average molecular weight is 338 g/mol. The summed E-state index contributed by atoms with van der Waals surface area (Å²) in [4.78, 5) is 23.4. The van der Waals surface area contributed by atoms with Crippen LogP contribution in [0.15, 0.2) is 42.6 Å². The van der Waals surface area contributed by atoms with Gasteiger partial charge in [-0.25, -0.2) is 9.97 Å². The van der Waals surface area contributed by atoms with E-state index in [9.17, 15) is 4.79 Å². The highest BCUT2D eigenvalue weighted by Gasteiger charge is 2.27. The molecule has 132 valence electrons. The van der Waals surface area contributed by atoms with Crippen molar-refractivity contribution >= 4 is 5.91 Å². The van der Waals surface area contributed by atoms with Crippen molar-refractivity contribution in [1.82, 2.24) is 20.2 Å². The number of amides is 1. The molecule has 1 fully saturated rings. The molecule has 5 nitrogen and oxygen atoms in total. The second-order valence-electron chi connectivity index (χ2n) is 6.72. The molecule has 0 saturated carbocycles. The predicted molar refractivity (Wildman–Crippen MR) is 98.1 cm³/mol. The van der Waals surface area contributed by atoms with Crippen LogP contribution in [0.2, 0.25) is 0 Å². The van der Waals surface area contributed by atoms with Crippen molar-refractivity contribution in [3.8, 4) is 0 Å². The number of nitrogens with zero attached hydrogens (tertiary/aromatic N) is 3. The molecule has 0 aliphatic carbocycles. The first kappa shape index (κ1) is 17.5. The number of benzene rings is 1. The summed E-state index contributed by atoms with van der Waals surface area (Å²) < 4.78 is 0. The molecule has 1 aliphatic heterocycles. The van der Waals surface area contributed by atoms with Gasteiger partial charge in [0, 0.05) is 24.4 Å². The maximum atomic E-state index is 12.4. The fraction of sp³-hybridized carbons (Fsp3) is 0.450. The highest BCUT2D eigenvalue weighted by molar-refractivity contribution is 5.81. The Morgan fingerprint density at radius 3 is 2.64 bits per heavy atom. The number of aryl methyl sites for hydroxylation is 1. The van der Waals surface area contributed by atoms with Crippen LogP contribution in [-0.2, 0) is 11.3 Å². The zero-order chi connectivity index (χ0) is 17.6. The van der Waals surface area contributed by atoms with Gasteiger partial charge in [-0.15, -0.1) is 0 Å². The first-order valence-corrected chi connectivity index (χ1v) is 8.98. The van der Waals surface area contributed by atoms with E-state index in [0.29, 0.717) is 12.5 Å². The Bertz CT molecular complexity index is 696. The quantitative estimate of drug-likeness (QED) is 0.911. The van der Waals surface area contributed by atoms with E-state index >= 15 is 0 Å². The normalized spacial score (nSPS) is 17.2. The second-order valence-corrected chi connectivity index (χ2v) is 6.72. The minimum absolute atomic E-state index is 0.0974. The Kier molecular flexibility index (Phi) is 5.76. The molecule has 0 bridgehead atoms. The van der Waals surface area contributed by atoms with Crippen molar-refractivity contribution in [2.24, 2.45) is 0 Å². The van der Waals surface area contributed by atoms with Gasteiger partial charge in [0.05, 0.1) is 6.04 Å². The topological polar surface area (TPSA) is 58.1 Å². The lowest BCUT2D eigenvalue weighted by atomic mass is 9.92. The van der Waals surface area contributed by atoms with Crippen LogP contribution in [-0.4, -0.2) is 39.9 Å². The molecule has 1 aliphatic rings. The van der Waals surface area contributed by atoms with Crippen LogP contribution in [0.5, 0.6) is 0 Å². The van der Waals surface area contributed by atoms with Gasteiger partial charge in [-0.3, -0.25) is 9.69 Å². The second kappa shape index (κ2) is 8.21. The standard InChI is InChI=1S/C20H26N4O/c1-15(20(25)22-14-17-6-4-3-5-7-17)24-12-9-18(10-13-24)19-8-11-21-16(2)23-19/h3-8,11,15,18H,9-10,12-14H2,1-2H3,(H,22,25)/t15-/m1/s1. The molecular formula is C20H26N4O. The molecular weight excluding hydrogens is 312 g/mol. The van der Waals surface area contributed by atoms with Crippen LogP contribution in [0.25, 0.3) is 0 Å². The Hall–Kier alpha value is -2.27. The third-order valence-electron chi connectivity index (χ3n) is 4.98. The summed E-state index contributed by atoms with van der Waals surface area (Å²) in [7, 11) is 0. The number of hydrogen-bond acceptors (Lipinski definition) is 4. The molecule has 2 aromatic rings. The molecule has 0 radical (unpaired) electrons. The molecule has 1 aromatic heterocycles. The minimum Gasteiger partial charge on any atom is -0.351 e. The Morgan fingerprint density at radius 2 is 1.96 bits per heavy atom. The minimum atomic E-state index is -0.100. The van der Waals surface area contributed by atoms with Crippen LogP contribution < -0.4 is 5.32 Å². The maximum Gasteiger partial charge on any atom is 0.237 e. The molecule has 1 saturated heterocycles. The van der Waals surface area contributed by atoms with Gasteiger partial charge < -0.3 is 5.32 Å². The Balaban J connectivity index is 1.49. The van der Waals surface area contributed by atoms with Crippen molar-refractivity contribution in [1.29, 1.82) is 0 Å². The highest BCUT2D eigenvalue weighted by Crippen LogP contribution is 2.27. The molecule has 1 atom stereocenters. The molecule has 2 heterocycles. The fourth-order valence-electron chi connectivity index (χ4n) is 3.38. The number of carbonyl (C=O) groups is 1. The van der Waals surface area contributed by atoms with Crippen molar-refractivity contribution in [2.75, 3.05) is 13.1 Å². The van der Waals surface area contributed by atoms with E-state index in [1.165, 1.54) is 0 Å². The smallest absolute Gasteiger partial charge is 0.237 e. The summed E-state index contributed by atoms with van der Waals surface area (Å²) in [6.07, 6.45) is 3.91.